The number of hydrogen-bond acceptors (Lipinski definition) is 6. The highest BCUT2D eigenvalue weighted by atomic mass is 32.2. The third kappa shape index (κ3) is 2.46. The lowest BCUT2D eigenvalue weighted by Crippen LogP contribution is -2.44. The maximum atomic E-state index is 11.8. The Morgan fingerprint density at radius 2 is 2.35 bits per heavy atom. The number of aliphatic carboxylic acids is 1. The number of amides is 2. The summed E-state index contributed by atoms with van der Waals surface area (Å²) in [6.45, 7) is 0. The SMILES string of the molecule is Cn1nnc(NC(=O)N2CSC[C@H]2C(=O)O)n1. The van der Waals surface area contributed by atoms with Crippen molar-refractivity contribution in [3.63, 3.8) is 0 Å². The molecule has 1 atom stereocenters. The number of aryl methyl sites for hydroxylation is 1. The zero-order valence-corrected chi connectivity index (χ0v) is 9.72. The number of anilines is 1. The first-order chi connectivity index (χ1) is 8.08. The summed E-state index contributed by atoms with van der Waals surface area (Å²) in [5, 5.41) is 22.2. The Hall–Kier alpha value is -1.84. The Labute approximate surface area is 100 Å². The van der Waals surface area contributed by atoms with Gasteiger partial charge in [0.25, 0.3) is 5.95 Å². The van der Waals surface area contributed by atoms with Crippen LogP contribution in [0, 0.1) is 0 Å². The molecule has 1 aromatic rings. The molecule has 0 aliphatic carbocycles. The Kier molecular flexibility index (Phi) is 3.13. The van der Waals surface area contributed by atoms with E-state index in [2.05, 4.69) is 20.7 Å². The predicted molar refractivity (Wildman–Crippen MR) is 58.4 cm³/mol. The van der Waals surface area contributed by atoms with Crippen molar-refractivity contribution in [2.75, 3.05) is 16.9 Å². The summed E-state index contributed by atoms with van der Waals surface area (Å²) in [6, 6.07) is -1.34. The third-order valence-electron chi connectivity index (χ3n) is 2.16. The van der Waals surface area contributed by atoms with E-state index < -0.39 is 18.0 Å². The van der Waals surface area contributed by atoms with E-state index in [1.54, 1.807) is 7.05 Å². The topological polar surface area (TPSA) is 113 Å². The van der Waals surface area contributed by atoms with E-state index in [0.717, 1.165) is 0 Å². The summed E-state index contributed by atoms with van der Waals surface area (Å²) in [6.07, 6.45) is 0. The molecule has 1 aliphatic rings. The van der Waals surface area contributed by atoms with Crippen molar-refractivity contribution in [1.29, 1.82) is 0 Å². The highest BCUT2D eigenvalue weighted by Crippen LogP contribution is 2.21. The fourth-order valence-electron chi connectivity index (χ4n) is 1.35. The molecule has 0 spiro atoms. The van der Waals surface area contributed by atoms with E-state index in [1.807, 2.05) is 0 Å². The summed E-state index contributed by atoms with van der Waals surface area (Å²) in [5.74, 6) is -0.240. The lowest BCUT2D eigenvalue weighted by atomic mass is 10.3. The van der Waals surface area contributed by atoms with Crippen molar-refractivity contribution in [3.8, 4) is 0 Å². The van der Waals surface area contributed by atoms with Crippen LogP contribution in [0.2, 0.25) is 0 Å². The highest BCUT2D eigenvalue weighted by molar-refractivity contribution is 7.99. The van der Waals surface area contributed by atoms with Crippen molar-refractivity contribution in [1.82, 2.24) is 25.1 Å². The number of carbonyl (C=O) groups is 2. The number of nitrogens with one attached hydrogen (secondary N) is 1. The number of nitrogens with zero attached hydrogens (tertiary/aromatic N) is 5. The number of rotatable bonds is 2. The van der Waals surface area contributed by atoms with Crippen molar-refractivity contribution in [3.05, 3.63) is 0 Å². The normalized spacial score (nSPS) is 19.4. The molecule has 1 aromatic heterocycles. The van der Waals surface area contributed by atoms with Crippen LogP contribution in [0.1, 0.15) is 0 Å². The first kappa shape index (κ1) is 11.6. The molecule has 2 amide bonds. The van der Waals surface area contributed by atoms with Crippen molar-refractivity contribution in [2.24, 2.45) is 7.05 Å². The zero-order valence-electron chi connectivity index (χ0n) is 8.90. The molecule has 0 saturated carbocycles. The minimum absolute atomic E-state index is 0.0542. The molecule has 9 nitrogen and oxygen atoms in total. The first-order valence-corrected chi connectivity index (χ1v) is 5.85. The molecule has 0 unspecified atom stereocenters. The van der Waals surface area contributed by atoms with Crippen LogP contribution in [-0.2, 0) is 11.8 Å². The minimum atomic E-state index is -1.02. The van der Waals surface area contributed by atoms with Crippen molar-refractivity contribution >= 4 is 29.7 Å². The molecule has 0 radical (unpaired) electrons. The molecule has 17 heavy (non-hydrogen) atoms. The fraction of sp³-hybridized carbons (Fsp3) is 0.571. The first-order valence-electron chi connectivity index (χ1n) is 4.70. The molecule has 1 saturated heterocycles. The molecule has 92 valence electrons. The summed E-state index contributed by atoms with van der Waals surface area (Å²) >= 11 is 1.39. The molecule has 0 bridgehead atoms. The van der Waals surface area contributed by atoms with Crippen molar-refractivity contribution < 1.29 is 14.7 Å². The van der Waals surface area contributed by atoms with Gasteiger partial charge in [0.2, 0.25) is 0 Å². The van der Waals surface area contributed by atoms with Gasteiger partial charge in [-0.3, -0.25) is 5.32 Å². The molecular formula is C7H10N6O3S. The summed E-state index contributed by atoms with van der Waals surface area (Å²) in [4.78, 5) is 25.1. The van der Waals surface area contributed by atoms with Crippen LogP contribution < -0.4 is 5.32 Å². The Balaban J connectivity index is 2.02. The van der Waals surface area contributed by atoms with Gasteiger partial charge in [0, 0.05) is 5.75 Å². The third-order valence-corrected chi connectivity index (χ3v) is 3.17. The Bertz CT molecular complexity index is 449. The second kappa shape index (κ2) is 4.57. The summed E-state index contributed by atoms with van der Waals surface area (Å²) in [7, 11) is 1.56. The van der Waals surface area contributed by atoms with Crippen LogP contribution in [0.4, 0.5) is 10.7 Å². The molecule has 1 aliphatic heterocycles. The average molecular weight is 258 g/mol. The minimum Gasteiger partial charge on any atom is -0.480 e. The van der Waals surface area contributed by atoms with Crippen LogP contribution in [0.3, 0.4) is 0 Å². The smallest absolute Gasteiger partial charge is 0.327 e. The van der Waals surface area contributed by atoms with E-state index in [-0.39, 0.29) is 5.95 Å². The van der Waals surface area contributed by atoms with Gasteiger partial charge in [-0.15, -0.1) is 16.9 Å². The van der Waals surface area contributed by atoms with Gasteiger partial charge in [0.15, 0.2) is 0 Å². The zero-order chi connectivity index (χ0) is 12.4. The maximum Gasteiger partial charge on any atom is 0.327 e. The number of hydrogen-bond donors (Lipinski definition) is 2. The molecule has 2 rings (SSSR count). The van der Waals surface area contributed by atoms with E-state index in [1.165, 1.54) is 21.5 Å². The van der Waals surface area contributed by atoms with Gasteiger partial charge < -0.3 is 10.0 Å². The van der Waals surface area contributed by atoms with Gasteiger partial charge >= 0.3 is 12.0 Å². The van der Waals surface area contributed by atoms with Gasteiger partial charge in [0.1, 0.15) is 6.04 Å². The monoisotopic (exact) mass is 258 g/mol. The van der Waals surface area contributed by atoms with Crippen LogP contribution in [-0.4, -0.2) is 59.9 Å². The number of carboxylic acid groups (broad SMARTS) is 1. The quantitative estimate of drug-likeness (QED) is 0.714. The molecule has 2 heterocycles. The van der Waals surface area contributed by atoms with E-state index in [4.69, 9.17) is 5.11 Å². The van der Waals surface area contributed by atoms with Gasteiger partial charge in [-0.25, -0.2) is 9.59 Å². The van der Waals surface area contributed by atoms with E-state index >= 15 is 0 Å². The molecule has 0 aromatic carbocycles. The average Bonchev–Trinajstić information content (AvgIpc) is 2.86. The van der Waals surface area contributed by atoms with Crippen LogP contribution in [0.15, 0.2) is 0 Å². The maximum absolute atomic E-state index is 11.8. The number of carbonyl (C=O) groups excluding carboxylic acids is 1. The number of urea groups is 1. The molecule has 2 N–H and O–H groups in total. The molecular weight excluding hydrogens is 248 g/mol. The number of carboxylic acids is 1. The lowest BCUT2D eigenvalue weighted by molar-refractivity contribution is -0.140. The van der Waals surface area contributed by atoms with E-state index in [0.29, 0.717) is 11.6 Å². The summed E-state index contributed by atoms with van der Waals surface area (Å²) in [5.41, 5.74) is 0. The van der Waals surface area contributed by atoms with Crippen LogP contribution in [0.5, 0.6) is 0 Å². The fourth-order valence-corrected chi connectivity index (χ4v) is 2.49. The van der Waals surface area contributed by atoms with Crippen LogP contribution >= 0.6 is 11.8 Å². The van der Waals surface area contributed by atoms with Gasteiger partial charge in [-0.05, 0) is 5.21 Å². The number of tetrazole rings is 1. The van der Waals surface area contributed by atoms with Gasteiger partial charge in [-0.1, -0.05) is 5.10 Å². The largest absolute Gasteiger partial charge is 0.480 e. The molecule has 10 heteroatoms. The second-order valence-corrected chi connectivity index (χ2v) is 4.36. The highest BCUT2D eigenvalue weighted by Gasteiger charge is 2.34. The van der Waals surface area contributed by atoms with Crippen LogP contribution in [0.25, 0.3) is 0 Å². The van der Waals surface area contributed by atoms with E-state index in [9.17, 15) is 9.59 Å². The molecule has 1 fully saturated rings. The Morgan fingerprint density at radius 1 is 1.59 bits per heavy atom. The predicted octanol–water partition coefficient (Wildman–Crippen LogP) is -0.799. The van der Waals surface area contributed by atoms with Crippen molar-refractivity contribution in [2.45, 2.75) is 6.04 Å². The summed E-state index contributed by atoms with van der Waals surface area (Å²) < 4.78 is 0. The second-order valence-electron chi connectivity index (χ2n) is 3.36. The van der Waals surface area contributed by atoms with Gasteiger partial charge in [0.05, 0.1) is 12.9 Å². The standard InChI is InChI=1S/C7H10N6O3S/c1-12-10-6(9-11-12)8-7(16)13-3-17-2-4(13)5(14)15/h4H,2-3H2,1H3,(H,14,15)(H,8,10,16)/t4-/m0/s1. The Morgan fingerprint density at radius 3 is 2.94 bits per heavy atom. The van der Waals surface area contributed by atoms with Gasteiger partial charge in [-0.2, -0.15) is 4.80 Å². The lowest BCUT2D eigenvalue weighted by Gasteiger charge is -2.19. The number of thioether (sulfide) groups is 1. The number of aromatic nitrogens is 4.